The molecule has 0 bridgehead atoms. The van der Waals surface area contributed by atoms with Crippen LogP contribution in [0.25, 0.3) is 0 Å². The van der Waals surface area contributed by atoms with Crippen LogP contribution < -0.4 is 85.3 Å². The standard InChI is InChI=1S/2C27H39ClN10O2.C24H34ClN9O2.ClH/c1-38(2)16-14-37(15-17-38)26(40)36-12-10-27(11-13-36,9-8-19-6-4-3-5-7-19)18-32-25(31)35-24(39)20-22(29)34-23(30)21(28)33-20;1-37-13-8-19(9-14-37)33-26(40)38-15-11-27(12-16-38,10-7-18-5-3-2-4-6-18)17-32-25(31)36-24(39)20-22(29)35-23(30)21(28)34-20;1-33(2)14-17(35)34-12-10-24(11-13-34,9-8-16-6-4-3-5-7-16)15-29-23(28)32-22(36)18-20(26)31-21(27)19(25)30-18;/h3-7H,8-18H2,1-2H3,(H6-,29,30,31,32,34,35,39);2-6,19H,7-17H2,1H3,(H,33,40)(H4,29,30,35)(H3,31,32,36,39);3-7H,8-15H2,1-2H3,(H4,26,27,31)(H3,28,29,32,36);1H. The molecule has 11 rings (SSSR count). The van der Waals surface area contributed by atoms with Crippen LogP contribution in [-0.2, 0) is 24.1 Å². The summed E-state index contributed by atoms with van der Waals surface area (Å²) >= 11 is 17.7. The van der Waals surface area contributed by atoms with E-state index in [-0.39, 0.29) is 138 Å². The number of urea groups is 2. The SMILES string of the molecule is CN(C)CC(=O)N1CCC(CCc2ccccc2)(CN=C(N)NC(=O)c2nc(Cl)c(N)nc2N)CC1.CN1CCC(NC(=O)N2CCC(CCc3ccccc3)(CN=C(N)NC(=O)c3nc(Cl)c(N)nc3N)CC2)CC1.C[N+]1(C)CCN(C(=O)N2CCC(CCc3ccccc3)(CN=C(N)NC(=O)c3nc(Cl)c(N)nc3N)CC2)CC1.[Cl-]. The molecule has 3 aromatic heterocycles. The Balaban J connectivity index is 0.000000219. The number of guanidine groups is 3. The Morgan fingerprint density at radius 1 is 0.462 bits per heavy atom. The second-order valence-corrected chi connectivity index (χ2v) is 32.7. The average molecular weight is 1690 g/mol. The van der Waals surface area contributed by atoms with Gasteiger partial charge in [0.1, 0.15) is 0 Å². The van der Waals surface area contributed by atoms with E-state index < -0.39 is 17.7 Å². The minimum Gasteiger partial charge on any atom is -1.00 e. The van der Waals surface area contributed by atoms with E-state index in [0.29, 0.717) is 65.4 Å². The molecule has 0 saturated carbocycles. The summed E-state index contributed by atoms with van der Waals surface area (Å²) in [6.45, 7) is 10.9. The lowest BCUT2D eigenvalue weighted by Crippen LogP contribution is -3.00. The third kappa shape index (κ3) is 27.3. The molecule has 6 aromatic rings. The summed E-state index contributed by atoms with van der Waals surface area (Å²) in [6.07, 6.45) is 11.9. The molecule has 0 atom stereocenters. The third-order valence-electron chi connectivity index (χ3n) is 22.3. The van der Waals surface area contributed by atoms with E-state index in [1.54, 1.807) is 0 Å². The number of aryl methyl sites for hydroxylation is 3. The molecule has 8 heterocycles. The number of nitrogens with one attached hydrogen (secondary N) is 4. The number of piperazine rings is 1. The number of hydrogen-bond donors (Lipinski definition) is 13. The highest BCUT2D eigenvalue weighted by Gasteiger charge is 2.41. The number of quaternary nitrogens is 1. The van der Waals surface area contributed by atoms with Crippen LogP contribution in [0, 0.1) is 16.2 Å². The summed E-state index contributed by atoms with van der Waals surface area (Å²) in [7, 11) is 10.3. The van der Waals surface area contributed by atoms with E-state index >= 15 is 0 Å². The molecule has 117 heavy (non-hydrogen) atoms. The van der Waals surface area contributed by atoms with E-state index in [0.717, 1.165) is 134 Å². The predicted molar refractivity (Wildman–Crippen MR) is 455 cm³/mol. The van der Waals surface area contributed by atoms with Gasteiger partial charge in [0.25, 0.3) is 17.7 Å². The fraction of sp³-hybridized carbons (Fsp3) is 0.500. The minimum absolute atomic E-state index is 0. The molecular weight excluding hydrogens is 1580 g/mol. The smallest absolute Gasteiger partial charge is 0.320 e. The summed E-state index contributed by atoms with van der Waals surface area (Å²) in [5.41, 5.74) is 55.0. The van der Waals surface area contributed by atoms with Crippen molar-refractivity contribution >= 4 is 123 Å². The first-order valence-corrected chi connectivity index (χ1v) is 40.1. The molecule has 3 aromatic carbocycles. The number of nitrogens with two attached hydrogens (primary N) is 9. The third-order valence-corrected chi connectivity index (χ3v) is 23.1. The fourth-order valence-electron chi connectivity index (χ4n) is 14.6. The van der Waals surface area contributed by atoms with Gasteiger partial charge in [-0.15, -0.1) is 0 Å². The number of hydrogen-bond acceptors (Lipinski definition) is 23. The zero-order chi connectivity index (χ0) is 83.9. The molecule has 0 unspecified atom stereocenters. The summed E-state index contributed by atoms with van der Waals surface area (Å²) < 4.78 is 0.937. The highest BCUT2D eigenvalue weighted by atomic mass is 35.5. The maximum Gasteiger partial charge on any atom is 0.320 e. The number of likely N-dealkylation sites (N-methyl/N-ethyl adjacent to an activating group) is 2. The number of aromatic nitrogens is 6. The van der Waals surface area contributed by atoms with Crippen molar-refractivity contribution in [1.82, 2.24) is 80.6 Å². The van der Waals surface area contributed by atoms with Crippen molar-refractivity contribution in [3.8, 4) is 0 Å². The van der Waals surface area contributed by atoms with Crippen LogP contribution in [-0.4, -0.2) is 263 Å². The van der Waals surface area contributed by atoms with Crippen molar-refractivity contribution in [3.05, 3.63) is 140 Å². The van der Waals surface area contributed by atoms with E-state index in [1.807, 2.05) is 93.2 Å². The zero-order valence-electron chi connectivity index (χ0n) is 67.3. The Kier molecular flexibility index (Phi) is 33.5. The lowest BCUT2D eigenvalue weighted by Gasteiger charge is -2.44. The van der Waals surface area contributed by atoms with Gasteiger partial charge in [0.2, 0.25) is 5.91 Å². The number of carbonyl (C=O) groups is 6. The molecule has 5 saturated heterocycles. The highest BCUT2D eigenvalue weighted by Crippen LogP contribution is 2.40. The van der Waals surface area contributed by atoms with E-state index in [4.69, 9.17) is 86.4 Å². The number of halogens is 4. The van der Waals surface area contributed by atoms with Gasteiger partial charge in [0.05, 0.1) is 46.8 Å². The topological polar surface area (TPSA) is 519 Å². The predicted octanol–water partition coefficient (Wildman–Crippen LogP) is 1.57. The second-order valence-electron chi connectivity index (χ2n) is 31.6. The number of carbonyl (C=O) groups excluding carboxylic acids is 6. The molecule has 5 aliphatic heterocycles. The number of nitrogen functional groups attached to an aromatic ring is 6. The van der Waals surface area contributed by atoms with Gasteiger partial charge in [-0.3, -0.25) is 50.1 Å². The highest BCUT2D eigenvalue weighted by molar-refractivity contribution is 6.32. The Morgan fingerprint density at radius 2 is 0.769 bits per heavy atom. The lowest BCUT2D eigenvalue weighted by atomic mass is 9.74. The average Bonchev–Trinajstić information content (AvgIpc) is 0.817. The quantitative estimate of drug-likeness (QED) is 0.0276. The molecule has 22 N–H and O–H groups in total. The Bertz CT molecular complexity index is 4430. The van der Waals surface area contributed by atoms with Gasteiger partial charge in [-0.1, -0.05) is 126 Å². The van der Waals surface area contributed by atoms with E-state index in [2.05, 4.69) is 129 Å². The summed E-state index contributed by atoms with van der Waals surface area (Å²) in [6, 6.07) is 31.2. The van der Waals surface area contributed by atoms with Gasteiger partial charge in [-0.2, -0.15) is 0 Å². The number of piperidine rings is 4. The van der Waals surface area contributed by atoms with Crippen LogP contribution >= 0.6 is 34.8 Å². The molecule has 5 aliphatic rings. The summed E-state index contributed by atoms with van der Waals surface area (Å²) in [5, 5.41) is 10.4. The van der Waals surface area contributed by atoms with E-state index in [9.17, 15) is 28.8 Å². The Hall–Kier alpha value is -10.4. The van der Waals surface area contributed by atoms with Crippen LogP contribution in [0.5, 0.6) is 0 Å². The Labute approximate surface area is 704 Å². The lowest BCUT2D eigenvalue weighted by molar-refractivity contribution is -0.894. The second kappa shape index (κ2) is 42.6. The van der Waals surface area contributed by atoms with Crippen molar-refractivity contribution < 1.29 is 45.7 Å². The number of amides is 8. The van der Waals surface area contributed by atoms with Crippen LogP contribution in [0.3, 0.4) is 0 Å². The van der Waals surface area contributed by atoms with Crippen molar-refractivity contribution in [3.63, 3.8) is 0 Å². The van der Waals surface area contributed by atoms with Gasteiger partial charge < -0.3 is 103 Å². The number of benzene rings is 3. The molecule has 0 radical (unpaired) electrons. The number of aliphatic imine (C=N–C) groups is 3. The molecular formula is C78H113Cl4N29O6. The number of nitrogens with zero attached hydrogens (tertiary/aromatic N) is 16. The molecule has 8 amide bonds. The number of rotatable bonds is 21. The van der Waals surface area contributed by atoms with Crippen molar-refractivity contribution in [2.24, 2.45) is 48.4 Å². The van der Waals surface area contributed by atoms with Crippen molar-refractivity contribution in [2.45, 2.75) is 95.9 Å². The number of likely N-dealkylation sites (tertiary alicyclic amines) is 4. The first kappa shape index (κ1) is 92.1. The van der Waals surface area contributed by atoms with Gasteiger partial charge in [-0.05, 0) is 157 Å². The van der Waals surface area contributed by atoms with Crippen LogP contribution in [0.1, 0.15) is 119 Å². The van der Waals surface area contributed by atoms with Crippen LogP contribution in [0.4, 0.5) is 44.5 Å². The summed E-state index contributed by atoms with van der Waals surface area (Å²) in [4.78, 5) is 125. The largest absolute Gasteiger partial charge is 1.00 e. The van der Waals surface area contributed by atoms with Gasteiger partial charge in [0, 0.05) is 64.9 Å². The molecule has 0 spiro atoms. The first-order valence-electron chi connectivity index (χ1n) is 38.9. The van der Waals surface area contributed by atoms with Gasteiger partial charge >= 0.3 is 12.1 Å². The molecule has 634 valence electrons. The first-order chi connectivity index (χ1) is 55.2. The summed E-state index contributed by atoms with van der Waals surface area (Å²) in [5.74, 6) is -2.72. The van der Waals surface area contributed by atoms with E-state index in [1.165, 1.54) is 16.7 Å². The minimum atomic E-state index is -0.675. The molecule has 5 fully saturated rings. The van der Waals surface area contributed by atoms with Gasteiger partial charge in [-0.25, -0.2) is 39.5 Å². The van der Waals surface area contributed by atoms with Crippen LogP contribution in [0.15, 0.2) is 106 Å². The van der Waals surface area contributed by atoms with Crippen LogP contribution in [0.2, 0.25) is 15.5 Å². The normalized spacial score (nSPS) is 17.5. The fourth-order valence-corrected chi connectivity index (χ4v) is 15.0. The monoisotopic (exact) mass is 1690 g/mol. The molecule has 35 nitrogen and oxygen atoms in total. The van der Waals surface area contributed by atoms with Gasteiger partial charge in [0.15, 0.2) is 85.3 Å². The zero-order valence-corrected chi connectivity index (χ0v) is 70.3. The Morgan fingerprint density at radius 3 is 1.09 bits per heavy atom. The molecule has 39 heteroatoms. The van der Waals surface area contributed by atoms with Crippen molar-refractivity contribution in [2.75, 3.05) is 174 Å². The molecule has 0 aliphatic carbocycles. The maximum atomic E-state index is 13.3. The maximum absolute atomic E-state index is 13.3. The van der Waals surface area contributed by atoms with Crippen molar-refractivity contribution in [1.29, 1.82) is 0 Å². The number of anilines is 6.